The molecule has 1 atom stereocenters. The van der Waals surface area contributed by atoms with Crippen molar-refractivity contribution in [1.82, 2.24) is 0 Å². The van der Waals surface area contributed by atoms with Crippen LogP contribution in [0.5, 0.6) is 0 Å². The minimum atomic E-state index is -0.244. The molecule has 0 spiro atoms. The lowest BCUT2D eigenvalue weighted by atomic mass is 9.99. The summed E-state index contributed by atoms with van der Waals surface area (Å²) in [6.45, 7) is 3.60. The molecule has 1 unspecified atom stereocenters. The van der Waals surface area contributed by atoms with Crippen molar-refractivity contribution >= 4 is 15.9 Å². The second-order valence-corrected chi connectivity index (χ2v) is 5.29. The van der Waals surface area contributed by atoms with Crippen LogP contribution in [0, 0.1) is 25.5 Å². The fraction of sp³-hybridized carbons (Fsp3) is 0.200. The van der Waals surface area contributed by atoms with Gasteiger partial charge < -0.3 is 0 Å². The molecular formula is C15H13BrF2. The predicted octanol–water partition coefficient (Wildman–Crippen LogP) is 5.07. The maximum absolute atomic E-state index is 13.2. The molecule has 0 aromatic heterocycles. The third-order valence-electron chi connectivity index (χ3n) is 2.98. The Labute approximate surface area is 114 Å². The molecule has 0 aliphatic carbocycles. The van der Waals surface area contributed by atoms with Crippen LogP contribution in [0.2, 0.25) is 0 Å². The van der Waals surface area contributed by atoms with Gasteiger partial charge in [0.15, 0.2) is 0 Å². The molecule has 3 heteroatoms. The van der Waals surface area contributed by atoms with Gasteiger partial charge in [0, 0.05) is 0 Å². The van der Waals surface area contributed by atoms with Gasteiger partial charge in [0.2, 0.25) is 0 Å². The molecule has 0 saturated heterocycles. The zero-order valence-corrected chi connectivity index (χ0v) is 11.8. The topological polar surface area (TPSA) is 0 Å². The Bertz CT molecular complexity index is 579. The van der Waals surface area contributed by atoms with E-state index in [4.69, 9.17) is 0 Å². The number of rotatable bonds is 2. The average molecular weight is 311 g/mol. The molecule has 0 fully saturated rings. The van der Waals surface area contributed by atoms with Crippen LogP contribution in [0.4, 0.5) is 8.78 Å². The van der Waals surface area contributed by atoms with Crippen molar-refractivity contribution in [3.63, 3.8) is 0 Å². The highest BCUT2D eigenvalue weighted by atomic mass is 79.9. The molecule has 0 saturated carbocycles. The number of halogens is 3. The standard InChI is InChI=1S/C15H13BrF2/c1-9-8-12(17)4-5-13(9)15(16)11-3-6-14(18)10(2)7-11/h3-8,15H,1-2H3. The molecule has 0 amide bonds. The second-order valence-electron chi connectivity index (χ2n) is 4.37. The number of hydrogen-bond donors (Lipinski definition) is 0. The van der Waals surface area contributed by atoms with Crippen molar-refractivity contribution in [2.75, 3.05) is 0 Å². The Kier molecular flexibility index (Phi) is 3.81. The van der Waals surface area contributed by atoms with Crippen LogP contribution in [0.1, 0.15) is 27.1 Å². The molecule has 2 aromatic carbocycles. The Morgan fingerprint density at radius 1 is 0.944 bits per heavy atom. The van der Waals surface area contributed by atoms with Gasteiger partial charge in [-0.05, 0) is 54.3 Å². The van der Waals surface area contributed by atoms with E-state index in [2.05, 4.69) is 15.9 Å². The molecule has 2 rings (SSSR count). The second kappa shape index (κ2) is 5.19. The smallest absolute Gasteiger partial charge is 0.126 e. The summed E-state index contributed by atoms with van der Waals surface area (Å²) in [7, 11) is 0. The van der Waals surface area contributed by atoms with Crippen molar-refractivity contribution in [3.05, 3.63) is 70.3 Å². The summed E-state index contributed by atoms with van der Waals surface area (Å²) in [4.78, 5) is -0.0580. The molecule has 0 aliphatic heterocycles. The zero-order chi connectivity index (χ0) is 13.3. The highest BCUT2D eigenvalue weighted by molar-refractivity contribution is 9.09. The van der Waals surface area contributed by atoms with Crippen molar-refractivity contribution in [1.29, 1.82) is 0 Å². The van der Waals surface area contributed by atoms with Crippen LogP contribution in [-0.4, -0.2) is 0 Å². The van der Waals surface area contributed by atoms with Gasteiger partial charge in [0.25, 0.3) is 0 Å². The molecule has 0 heterocycles. The first-order valence-corrected chi connectivity index (χ1v) is 6.57. The van der Waals surface area contributed by atoms with Gasteiger partial charge in [0.1, 0.15) is 11.6 Å². The predicted molar refractivity (Wildman–Crippen MR) is 73.0 cm³/mol. The van der Waals surface area contributed by atoms with Crippen LogP contribution in [0.25, 0.3) is 0 Å². The Morgan fingerprint density at radius 2 is 1.67 bits per heavy atom. The summed E-state index contributed by atoms with van der Waals surface area (Å²) in [6.07, 6.45) is 0. The molecule has 0 bridgehead atoms. The van der Waals surface area contributed by atoms with Crippen molar-refractivity contribution < 1.29 is 8.78 Å². The molecule has 0 N–H and O–H groups in total. The Hall–Kier alpha value is -1.22. The summed E-state index contributed by atoms with van der Waals surface area (Å²) in [6, 6.07) is 9.69. The van der Waals surface area contributed by atoms with E-state index in [9.17, 15) is 8.78 Å². The molecular weight excluding hydrogens is 298 g/mol. The number of aryl methyl sites for hydroxylation is 2. The Balaban J connectivity index is 2.41. The van der Waals surface area contributed by atoms with E-state index in [1.807, 2.05) is 6.92 Å². The van der Waals surface area contributed by atoms with Crippen LogP contribution >= 0.6 is 15.9 Å². The van der Waals surface area contributed by atoms with Crippen LogP contribution < -0.4 is 0 Å². The van der Waals surface area contributed by atoms with Crippen LogP contribution in [-0.2, 0) is 0 Å². The third kappa shape index (κ3) is 2.61. The van der Waals surface area contributed by atoms with Gasteiger partial charge in [0.05, 0.1) is 4.83 Å². The summed E-state index contributed by atoms with van der Waals surface area (Å²) in [5.74, 6) is -0.458. The van der Waals surface area contributed by atoms with E-state index in [0.717, 1.165) is 16.7 Å². The van der Waals surface area contributed by atoms with Gasteiger partial charge in [-0.15, -0.1) is 0 Å². The molecule has 0 radical (unpaired) electrons. The maximum atomic E-state index is 13.2. The van der Waals surface area contributed by atoms with Crippen molar-refractivity contribution in [2.45, 2.75) is 18.7 Å². The monoisotopic (exact) mass is 310 g/mol. The minimum absolute atomic E-state index is 0.0580. The highest BCUT2D eigenvalue weighted by Gasteiger charge is 2.14. The fourth-order valence-corrected chi connectivity index (χ4v) is 2.73. The fourth-order valence-electron chi connectivity index (χ4n) is 1.93. The third-order valence-corrected chi connectivity index (χ3v) is 4.00. The van der Waals surface area contributed by atoms with E-state index in [1.54, 1.807) is 25.1 Å². The molecule has 94 valence electrons. The highest BCUT2D eigenvalue weighted by Crippen LogP contribution is 2.33. The van der Waals surface area contributed by atoms with Gasteiger partial charge >= 0.3 is 0 Å². The Morgan fingerprint density at radius 3 is 2.28 bits per heavy atom. The molecule has 18 heavy (non-hydrogen) atoms. The summed E-state index contributed by atoms with van der Waals surface area (Å²) >= 11 is 3.58. The molecule has 0 aliphatic rings. The summed E-state index contributed by atoms with van der Waals surface area (Å²) in [5, 5.41) is 0. The van der Waals surface area contributed by atoms with Crippen molar-refractivity contribution in [3.8, 4) is 0 Å². The van der Waals surface area contributed by atoms with Crippen molar-refractivity contribution in [2.24, 2.45) is 0 Å². The lowest BCUT2D eigenvalue weighted by Crippen LogP contribution is -1.98. The number of alkyl halides is 1. The summed E-state index contributed by atoms with van der Waals surface area (Å²) in [5.41, 5.74) is 3.43. The van der Waals surface area contributed by atoms with E-state index in [-0.39, 0.29) is 16.5 Å². The van der Waals surface area contributed by atoms with Gasteiger partial charge in [-0.2, -0.15) is 0 Å². The van der Waals surface area contributed by atoms with Gasteiger partial charge in [-0.1, -0.05) is 34.1 Å². The van der Waals surface area contributed by atoms with E-state index < -0.39 is 0 Å². The van der Waals surface area contributed by atoms with E-state index >= 15 is 0 Å². The first kappa shape index (κ1) is 13.2. The van der Waals surface area contributed by atoms with Gasteiger partial charge in [-0.25, -0.2) is 8.78 Å². The zero-order valence-electron chi connectivity index (χ0n) is 10.2. The first-order chi connectivity index (χ1) is 8.49. The minimum Gasteiger partial charge on any atom is -0.207 e. The largest absolute Gasteiger partial charge is 0.207 e. The average Bonchev–Trinajstić information content (AvgIpc) is 2.32. The molecule has 0 nitrogen and oxygen atoms in total. The van der Waals surface area contributed by atoms with Crippen LogP contribution in [0.15, 0.2) is 36.4 Å². The normalized spacial score (nSPS) is 12.5. The summed E-state index contributed by atoms with van der Waals surface area (Å²) < 4.78 is 26.3. The van der Waals surface area contributed by atoms with Gasteiger partial charge in [-0.3, -0.25) is 0 Å². The van der Waals surface area contributed by atoms with Crippen LogP contribution in [0.3, 0.4) is 0 Å². The maximum Gasteiger partial charge on any atom is 0.126 e. The first-order valence-electron chi connectivity index (χ1n) is 5.65. The quantitative estimate of drug-likeness (QED) is 0.680. The lowest BCUT2D eigenvalue weighted by molar-refractivity contribution is 0.617. The number of benzene rings is 2. The van der Waals surface area contributed by atoms with E-state index in [1.165, 1.54) is 18.2 Å². The van der Waals surface area contributed by atoms with E-state index in [0.29, 0.717) is 5.56 Å². The molecule has 2 aromatic rings. The number of hydrogen-bond acceptors (Lipinski definition) is 0. The SMILES string of the molecule is Cc1cc(C(Br)c2ccc(F)cc2C)ccc1F. The lowest BCUT2D eigenvalue weighted by Gasteiger charge is -2.14.